The molecule has 2 heteroatoms. The van der Waals surface area contributed by atoms with Crippen molar-refractivity contribution in [2.24, 2.45) is 0 Å². The minimum atomic E-state index is -0.989. The highest BCUT2D eigenvalue weighted by molar-refractivity contribution is 5.30. The third kappa shape index (κ3) is 2.44. The number of nitrogens with one attached hydrogen (secondary N) is 1. The lowest BCUT2D eigenvalue weighted by molar-refractivity contribution is 0.0893. The summed E-state index contributed by atoms with van der Waals surface area (Å²) in [7, 11) is 0. The van der Waals surface area contributed by atoms with Crippen molar-refractivity contribution in [1.29, 1.82) is 0 Å². The van der Waals surface area contributed by atoms with Gasteiger partial charge in [-0.1, -0.05) is 29.3 Å². The van der Waals surface area contributed by atoms with Crippen LogP contribution >= 0.6 is 0 Å². The van der Waals surface area contributed by atoms with Crippen molar-refractivity contribution in [1.82, 2.24) is 5.32 Å². The summed E-state index contributed by atoms with van der Waals surface area (Å²) in [5, 5.41) is 3.51. The van der Waals surface area contributed by atoms with Crippen molar-refractivity contribution in [2.75, 3.05) is 0 Å². The van der Waals surface area contributed by atoms with E-state index in [-0.39, 0.29) is 0 Å². The van der Waals surface area contributed by atoms with Crippen LogP contribution < -0.4 is 5.32 Å². The Balaban J connectivity index is 1.79. The first kappa shape index (κ1) is 12.2. The van der Waals surface area contributed by atoms with Gasteiger partial charge in [0.25, 0.3) is 0 Å². The highest BCUT2D eigenvalue weighted by atomic mass is 19.1. The van der Waals surface area contributed by atoms with Gasteiger partial charge in [0.1, 0.15) is 5.67 Å². The summed E-state index contributed by atoms with van der Waals surface area (Å²) >= 11 is 0. The molecule has 1 nitrogen and oxygen atoms in total. The number of hydrogen-bond donors (Lipinski definition) is 1. The molecule has 0 aliphatic carbocycles. The first-order valence-electron chi connectivity index (χ1n) is 7.05. The first-order chi connectivity index (χ1) is 8.52. The van der Waals surface area contributed by atoms with Crippen LogP contribution in [0.25, 0.3) is 0 Å². The molecule has 2 aliphatic heterocycles. The summed E-state index contributed by atoms with van der Waals surface area (Å²) in [5.74, 6) is 0. The van der Waals surface area contributed by atoms with E-state index in [4.69, 9.17) is 0 Å². The van der Waals surface area contributed by atoms with Gasteiger partial charge >= 0.3 is 0 Å². The molecule has 0 radical (unpaired) electrons. The Kier molecular flexibility index (Phi) is 2.93. The fourth-order valence-corrected chi connectivity index (χ4v) is 3.87. The first-order valence-corrected chi connectivity index (χ1v) is 7.05. The summed E-state index contributed by atoms with van der Waals surface area (Å²) in [4.78, 5) is 0. The molecule has 98 valence electrons. The fraction of sp³-hybridized carbons (Fsp3) is 0.625. The standard InChI is InChI=1S/C16H22FN/c1-11-5-12(2)7-13(6-11)8-16(17)9-14-3-4-15(10-16)18-14/h5-7,14-15,18H,3-4,8-10H2,1-2H3. The van der Waals surface area contributed by atoms with Crippen molar-refractivity contribution < 1.29 is 4.39 Å². The van der Waals surface area contributed by atoms with E-state index in [1.54, 1.807) is 0 Å². The third-order valence-electron chi connectivity index (χ3n) is 4.36. The molecule has 0 spiro atoms. The molecule has 2 bridgehead atoms. The van der Waals surface area contributed by atoms with Gasteiger partial charge in [-0.2, -0.15) is 0 Å². The second-order valence-corrected chi connectivity index (χ2v) is 6.37. The van der Waals surface area contributed by atoms with Gasteiger partial charge < -0.3 is 5.32 Å². The van der Waals surface area contributed by atoms with E-state index in [1.807, 2.05) is 0 Å². The van der Waals surface area contributed by atoms with Crippen LogP contribution in [-0.2, 0) is 6.42 Å². The number of fused-ring (bicyclic) bond motifs is 2. The van der Waals surface area contributed by atoms with Gasteiger partial charge in [-0.05, 0) is 45.1 Å². The maximum absolute atomic E-state index is 15.0. The van der Waals surface area contributed by atoms with E-state index >= 15 is 4.39 Å². The van der Waals surface area contributed by atoms with Crippen LogP contribution in [-0.4, -0.2) is 17.8 Å². The molecule has 0 saturated carbocycles. The molecule has 0 amide bonds. The van der Waals surface area contributed by atoms with Crippen molar-refractivity contribution in [3.63, 3.8) is 0 Å². The van der Waals surface area contributed by atoms with Gasteiger partial charge in [0.05, 0.1) is 0 Å². The van der Waals surface area contributed by atoms with Gasteiger partial charge in [-0.3, -0.25) is 0 Å². The molecule has 2 unspecified atom stereocenters. The van der Waals surface area contributed by atoms with Gasteiger partial charge in [0.2, 0.25) is 0 Å². The summed E-state index contributed by atoms with van der Waals surface area (Å²) in [5.41, 5.74) is 2.66. The van der Waals surface area contributed by atoms with Crippen LogP contribution in [0, 0.1) is 13.8 Å². The number of piperidine rings is 1. The van der Waals surface area contributed by atoms with E-state index in [1.165, 1.54) is 11.1 Å². The Morgan fingerprint density at radius 2 is 1.67 bits per heavy atom. The molecule has 2 atom stereocenters. The van der Waals surface area contributed by atoms with Gasteiger partial charge in [-0.15, -0.1) is 0 Å². The summed E-state index contributed by atoms with van der Waals surface area (Å²) in [6, 6.07) is 7.26. The van der Waals surface area contributed by atoms with Gasteiger partial charge in [0.15, 0.2) is 0 Å². The maximum Gasteiger partial charge on any atom is 0.118 e. The maximum atomic E-state index is 15.0. The lowest BCUT2D eigenvalue weighted by atomic mass is 9.83. The number of alkyl halides is 1. The van der Waals surface area contributed by atoms with Crippen LogP contribution in [0.5, 0.6) is 0 Å². The lowest BCUT2D eigenvalue weighted by Gasteiger charge is -2.35. The number of hydrogen-bond acceptors (Lipinski definition) is 1. The number of aryl methyl sites for hydroxylation is 2. The topological polar surface area (TPSA) is 12.0 Å². The molecule has 2 heterocycles. The van der Waals surface area contributed by atoms with Gasteiger partial charge in [0, 0.05) is 18.5 Å². The SMILES string of the molecule is Cc1cc(C)cc(CC2(F)CC3CCC(C2)N3)c1. The molecule has 18 heavy (non-hydrogen) atoms. The molecule has 1 N–H and O–H groups in total. The van der Waals surface area contributed by atoms with E-state index in [9.17, 15) is 0 Å². The van der Waals surface area contributed by atoms with Crippen LogP contribution in [0.2, 0.25) is 0 Å². The van der Waals surface area contributed by atoms with E-state index in [0.29, 0.717) is 31.3 Å². The smallest absolute Gasteiger partial charge is 0.118 e. The average molecular weight is 247 g/mol. The van der Waals surface area contributed by atoms with Crippen molar-refractivity contribution in [3.05, 3.63) is 34.9 Å². The highest BCUT2D eigenvalue weighted by Crippen LogP contribution is 2.39. The average Bonchev–Trinajstić information content (AvgIpc) is 2.56. The van der Waals surface area contributed by atoms with Crippen molar-refractivity contribution >= 4 is 0 Å². The molecule has 3 rings (SSSR count). The molecule has 1 aromatic carbocycles. The molecule has 0 aromatic heterocycles. The second kappa shape index (κ2) is 4.34. The lowest BCUT2D eigenvalue weighted by Crippen LogP contribution is -2.47. The Hall–Kier alpha value is -0.890. The van der Waals surface area contributed by atoms with Crippen molar-refractivity contribution in [2.45, 2.75) is 63.7 Å². The number of halogens is 1. The van der Waals surface area contributed by atoms with Gasteiger partial charge in [-0.25, -0.2) is 4.39 Å². The van der Waals surface area contributed by atoms with Crippen LogP contribution in [0.4, 0.5) is 4.39 Å². The van der Waals surface area contributed by atoms with Crippen LogP contribution in [0.1, 0.15) is 42.4 Å². The monoisotopic (exact) mass is 247 g/mol. The van der Waals surface area contributed by atoms with E-state index in [2.05, 4.69) is 37.4 Å². The van der Waals surface area contributed by atoms with E-state index < -0.39 is 5.67 Å². The predicted octanol–water partition coefficient (Wildman–Crippen LogP) is 3.47. The Labute approximate surface area is 109 Å². The fourth-order valence-electron chi connectivity index (χ4n) is 3.87. The Morgan fingerprint density at radius 3 is 2.22 bits per heavy atom. The highest BCUT2D eigenvalue weighted by Gasteiger charge is 2.43. The zero-order valence-corrected chi connectivity index (χ0v) is 11.3. The number of rotatable bonds is 2. The molecule has 2 saturated heterocycles. The minimum Gasteiger partial charge on any atom is -0.311 e. The molecular weight excluding hydrogens is 225 g/mol. The minimum absolute atomic E-state index is 0.416. The molecule has 2 fully saturated rings. The zero-order valence-electron chi connectivity index (χ0n) is 11.3. The normalized spacial score (nSPS) is 34.8. The summed E-state index contributed by atoms with van der Waals surface area (Å²) < 4.78 is 15.0. The predicted molar refractivity (Wildman–Crippen MR) is 72.6 cm³/mol. The Morgan fingerprint density at radius 1 is 1.11 bits per heavy atom. The van der Waals surface area contributed by atoms with Crippen molar-refractivity contribution in [3.8, 4) is 0 Å². The second-order valence-electron chi connectivity index (χ2n) is 6.37. The van der Waals surface area contributed by atoms with Crippen LogP contribution in [0.15, 0.2) is 18.2 Å². The van der Waals surface area contributed by atoms with Crippen LogP contribution in [0.3, 0.4) is 0 Å². The molecule has 1 aromatic rings. The Bertz CT molecular complexity index is 422. The zero-order chi connectivity index (χ0) is 12.8. The van der Waals surface area contributed by atoms with E-state index in [0.717, 1.165) is 18.4 Å². The molecular formula is C16H22FN. The third-order valence-corrected chi connectivity index (χ3v) is 4.36. The largest absolute Gasteiger partial charge is 0.311 e. The quantitative estimate of drug-likeness (QED) is 0.844. The molecule has 2 aliphatic rings. The summed E-state index contributed by atoms with van der Waals surface area (Å²) in [6.45, 7) is 4.18. The number of benzene rings is 1. The summed E-state index contributed by atoms with van der Waals surface area (Å²) in [6.07, 6.45) is 4.28.